The number of likely N-dealkylation sites (tertiary alicyclic amines) is 1. The van der Waals surface area contributed by atoms with Crippen LogP contribution in [-0.2, 0) is 19.1 Å². The molecule has 0 N–H and O–H groups in total. The molecule has 8 heteroatoms. The summed E-state index contributed by atoms with van der Waals surface area (Å²) >= 11 is 0. The summed E-state index contributed by atoms with van der Waals surface area (Å²) in [6.07, 6.45) is -4.99. The normalized spacial score (nSPS) is 30.3. The number of ether oxygens (including phenoxy) is 2. The standard InChI is InChI=1S/C11H14F3NO4/c1-18-8(16)4-6-5-19-7-2-3-15(9(6)7)10(17)11(12,13)14/h6-7,9H,2-5H2,1H3/t6-,7-,9-/m1/s1. The van der Waals surface area contributed by atoms with Gasteiger partial charge in [-0.3, -0.25) is 9.59 Å². The van der Waals surface area contributed by atoms with Gasteiger partial charge in [-0.25, -0.2) is 0 Å². The molecule has 2 saturated heterocycles. The van der Waals surface area contributed by atoms with Crippen LogP contribution in [0.5, 0.6) is 0 Å². The van der Waals surface area contributed by atoms with Crippen LogP contribution in [0.15, 0.2) is 0 Å². The first-order chi connectivity index (χ1) is 8.84. The van der Waals surface area contributed by atoms with Crippen LogP contribution in [0.25, 0.3) is 0 Å². The molecule has 0 aromatic heterocycles. The Hall–Kier alpha value is -1.31. The summed E-state index contributed by atoms with van der Waals surface area (Å²) < 4.78 is 47.3. The molecule has 3 atom stereocenters. The lowest BCUT2D eigenvalue weighted by Gasteiger charge is -2.28. The second kappa shape index (κ2) is 4.99. The molecule has 0 aliphatic carbocycles. The Kier molecular flexibility index (Phi) is 3.71. The highest BCUT2D eigenvalue weighted by molar-refractivity contribution is 5.82. The van der Waals surface area contributed by atoms with Crippen molar-refractivity contribution in [3.05, 3.63) is 0 Å². The molecular formula is C11H14F3NO4. The van der Waals surface area contributed by atoms with Gasteiger partial charge in [0, 0.05) is 12.5 Å². The Morgan fingerprint density at radius 2 is 2.11 bits per heavy atom. The number of nitrogens with zero attached hydrogens (tertiary/aromatic N) is 1. The van der Waals surface area contributed by atoms with Crippen molar-refractivity contribution in [1.29, 1.82) is 0 Å². The van der Waals surface area contributed by atoms with E-state index in [1.54, 1.807) is 0 Å². The van der Waals surface area contributed by atoms with Crippen molar-refractivity contribution in [2.75, 3.05) is 20.3 Å². The number of carbonyl (C=O) groups is 2. The monoisotopic (exact) mass is 281 g/mol. The third-order valence-electron chi connectivity index (χ3n) is 3.56. The third kappa shape index (κ3) is 2.68. The number of hydrogen-bond acceptors (Lipinski definition) is 4. The second-order valence-corrected chi connectivity index (χ2v) is 4.69. The Labute approximate surface area is 107 Å². The lowest BCUT2D eigenvalue weighted by molar-refractivity contribution is -0.187. The quantitative estimate of drug-likeness (QED) is 0.700. The van der Waals surface area contributed by atoms with Crippen LogP contribution in [0, 0.1) is 5.92 Å². The lowest BCUT2D eigenvalue weighted by atomic mass is 9.96. The Morgan fingerprint density at radius 3 is 2.68 bits per heavy atom. The molecule has 5 nitrogen and oxygen atoms in total. The molecular weight excluding hydrogens is 267 g/mol. The average molecular weight is 281 g/mol. The highest BCUT2D eigenvalue weighted by Crippen LogP contribution is 2.37. The summed E-state index contributed by atoms with van der Waals surface area (Å²) in [7, 11) is 1.21. The maximum Gasteiger partial charge on any atom is 0.471 e. The number of alkyl halides is 3. The van der Waals surface area contributed by atoms with E-state index in [0.717, 1.165) is 4.90 Å². The first-order valence-electron chi connectivity index (χ1n) is 5.90. The van der Waals surface area contributed by atoms with Crippen molar-refractivity contribution < 1.29 is 32.2 Å². The zero-order valence-corrected chi connectivity index (χ0v) is 10.3. The molecule has 2 rings (SSSR count). The zero-order chi connectivity index (χ0) is 14.2. The van der Waals surface area contributed by atoms with E-state index in [2.05, 4.69) is 4.74 Å². The first kappa shape index (κ1) is 14.1. The van der Waals surface area contributed by atoms with E-state index >= 15 is 0 Å². The number of fused-ring (bicyclic) bond motifs is 1. The van der Waals surface area contributed by atoms with Crippen molar-refractivity contribution >= 4 is 11.9 Å². The molecule has 0 spiro atoms. The van der Waals surface area contributed by atoms with Crippen molar-refractivity contribution in [3.63, 3.8) is 0 Å². The summed E-state index contributed by atoms with van der Waals surface area (Å²) in [6, 6.07) is -0.687. The highest BCUT2D eigenvalue weighted by atomic mass is 19.4. The fourth-order valence-electron chi connectivity index (χ4n) is 2.75. The van der Waals surface area contributed by atoms with Crippen LogP contribution in [0.4, 0.5) is 13.2 Å². The van der Waals surface area contributed by atoms with Crippen LogP contribution in [0.3, 0.4) is 0 Å². The SMILES string of the molecule is COC(=O)C[C@@H]1CO[C@@H]2CCN(C(=O)C(F)(F)F)[C@H]12. The Balaban J connectivity index is 2.11. The molecule has 108 valence electrons. The van der Waals surface area contributed by atoms with Crippen LogP contribution in [0.2, 0.25) is 0 Å². The minimum Gasteiger partial charge on any atom is -0.469 e. The van der Waals surface area contributed by atoms with Gasteiger partial charge in [0.1, 0.15) is 0 Å². The number of carbonyl (C=O) groups excluding carboxylic acids is 2. The predicted octanol–water partition coefficient (Wildman–Crippen LogP) is 0.728. The van der Waals surface area contributed by atoms with Crippen molar-refractivity contribution in [3.8, 4) is 0 Å². The van der Waals surface area contributed by atoms with E-state index < -0.39 is 36.1 Å². The van der Waals surface area contributed by atoms with Crippen LogP contribution in [-0.4, -0.2) is 55.4 Å². The van der Waals surface area contributed by atoms with E-state index in [4.69, 9.17) is 4.74 Å². The minimum atomic E-state index is -4.90. The highest BCUT2D eigenvalue weighted by Gasteiger charge is 2.53. The fourth-order valence-corrected chi connectivity index (χ4v) is 2.75. The molecule has 19 heavy (non-hydrogen) atoms. The average Bonchev–Trinajstić information content (AvgIpc) is 2.90. The minimum absolute atomic E-state index is 0.00531. The van der Waals surface area contributed by atoms with Gasteiger partial charge in [-0.1, -0.05) is 0 Å². The molecule has 2 aliphatic rings. The molecule has 0 aromatic rings. The van der Waals surface area contributed by atoms with Gasteiger partial charge in [0.2, 0.25) is 0 Å². The molecule has 0 radical (unpaired) electrons. The number of amides is 1. The summed E-state index contributed by atoms with van der Waals surface area (Å²) in [5, 5.41) is 0. The van der Waals surface area contributed by atoms with Gasteiger partial charge in [-0.15, -0.1) is 0 Å². The van der Waals surface area contributed by atoms with Gasteiger partial charge in [0.15, 0.2) is 0 Å². The van der Waals surface area contributed by atoms with Gasteiger partial charge in [0.25, 0.3) is 0 Å². The van der Waals surface area contributed by atoms with Crippen molar-refractivity contribution in [2.45, 2.75) is 31.2 Å². The largest absolute Gasteiger partial charge is 0.471 e. The van der Waals surface area contributed by atoms with Gasteiger partial charge in [-0.2, -0.15) is 13.2 Å². The van der Waals surface area contributed by atoms with E-state index in [0.29, 0.717) is 6.42 Å². The Bertz CT molecular complexity index is 385. The first-order valence-corrected chi connectivity index (χ1v) is 5.90. The summed E-state index contributed by atoms with van der Waals surface area (Å²) in [5.41, 5.74) is 0. The number of halogens is 3. The summed E-state index contributed by atoms with van der Waals surface area (Å²) in [5.74, 6) is -2.81. The van der Waals surface area contributed by atoms with E-state index in [-0.39, 0.29) is 19.6 Å². The predicted molar refractivity (Wildman–Crippen MR) is 56.0 cm³/mol. The molecule has 0 aromatic carbocycles. The van der Waals surface area contributed by atoms with Gasteiger partial charge < -0.3 is 14.4 Å². The number of hydrogen-bond donors (Lipinski definition) is 0. The van der Waals surface area contributed by atoms with Crippen LogP contribution < -0.4 is 0 Å². The number of esters is 1. The van der Waals surface area contributed by atoms with Crippen molar-refractivity contribution in [2.24, 2.45) is 5.92 Å². The molecule has 2 fully saturated rings. The summed E-state index contributed by atoms with van der Waals surface area (Å²) in [6.45, 7) is 0.178. The molecule has 2 aliphatic heterocycles. The number of methoxy groups -OCH3 is 1. The molecule has 0 bridgehead atoms. The zero-order valence-electron chi connectivity index (χ0n) is 10.3. The third-order valence-corrected chi connectivity index (χ3v) is 3.56. The molecule has 2 heterocycles. The van der Waals surface area contributed by atoms with E-state index in [1.165, 1.54) is 7.11 Å². The summed E-state index contributed by atoms with van der Waals surface area (Å²) in [4.78, 5) is 23.3. The maximum absolute atomic E-state index is 12.5. The molecule has 1 amide bonds. The van der Waals surface area contributed by atoms with E-state index in [9.17, 15) is 22.8 Å². The topological polar surface area (TPSA) is 55.8 Å². The van der Waals surface area contributed by atoms with Gasteiger partial charge >= 0.3 is 18.1 Å². The number of rotatable bonds is 2. The van der Waals surface area contributed by atoms with Crippen molar-refractivity contribution in [1.82, 2.24) is 4.90 Å². The van der Waals surface area contributed by atoms with E-state index in [1.807, 2.05) is 0 Å². The van der Waals surface area contributed by atoms with Gasteiger partial charge in [-0.05, 0) is 6.42 Å². The lowest BCUT2D eigenvalue weighted by Crippen LogP contribution is -2.47. The Morgan fingerprint density at radius 1 is 1.42 bits per heavy atom. The van der Waals surface area contributed by atoms with Crippen LogP contribution >= 0.6 is 0 Å². The van der Waals surface area contributed by atoms with Crippen LogP contribution in [0.1, 0.15) is 12.8 Å². The maximum atomic E-state index is 12.5. The van der Waals surface area contributed by atoms with Gasteiger partial charge in [0.05, 0.1) is 32.3 Å². The smallest absolute Gasteiger partial charge is 0.469 e. The second-order valence-electron chi connectivity index (χ2n) is 4.69. The molecule has 0 unspecified atom stereocenters. The fraction of sp³-hybridized carbons (Fsp3) is 0.818. The molecule has 0 saturated carbocycles.